The Morgan fingerprint density at radius 1 is 1.00 bits per heavy atom. The fraction of sp³-hybridized carbons (Fsp3) is 0.107. The van der Waals surface area contributed by atoms with Crippen LogP contribution in [0, 0.1) is 19.7 Å². The lowest BCUT2D eigenvalue weighted by molar-refractivity contribution is 0.102. The van der Waals surface area contributed by atoms with E-state index in [0.29, 0.717) is 50.8 Å². The van der Waals surface area contributed by atoms with Gasteiger partial charge in [-0.2, -0.15) is 5.10 Å². The van der Waals surface area contributed by atoms with Crippen LogP contribution in [0.3, 0.4) is 0 Å². The monoisotopic (exact) mass is 511 g/mol. The van der Waals surface area contributed by atoms with Gasteiger partial charge in [-0.1, -0.05) is 6.07 Å². The highest BCUT2D eigenvalue weighted by Crippen LogP contribution is 2.29. The zero-order chi connectivity index (χ0) is 26.8. The quantitative estimate of drug-likeness (QED) is 0.322. The second-order valence-corrected chi connectivity index (χ2v) is 8.49. The molecule has 0 aliphatic rings. The molecule has 0 saturated heterocycles. The number of aromatic nitrogens is 4. The van der Waals surface area contributed by atoms with Gasteiger partial charge in [0.05, 0.1) is 24.4 Å². The van der Waals surface area contributed by atoms with E-state index < -0.39 is 17.2 Å². The average molecular weight is 512 g/mol. The van der Waals surface area contributed by atoms with Crippen molar-refractivity contribution in [1.29, 1.82) is 0 Å². The van der Waals surface area contributed by atoms with Crippen LogP contribution in [0.1, 0.15) is 21.7 Å². The van der Waals surface area contributed by atoms with Gasteiger partial charge in [0.1, 0.15) is 22.8 Å². The van der Waals surface area contributed by atoms with E-state index in [9.17, 15) is 14.0 Å². The molecule has 5 aromatic rings. The van der Waals surface area contributed by atoms with Crippen molar-refractivity contribution in [3.05, 3.63) is 100.0 Å². The lowest BCUT2D eigenvalue weighted by Crippen LogP contribution is -2.26. The molecule has 38 heavy (non-hydrogen) atoms. The molecule has 0 fully saturated rings. The van der Waals surface area contributed by atoms with Gasteiger partial charge < -0.3 is 14.8 Å². The van der Waals surface area contributed by atoms with Crippen LogP contribution in [0.4, 0.5) is 10.1 Å². The summed E-state index contributed by atoms with van der Waals surface area (Å²) in [5.41, 5.74) is 2.61. The molecule has 1 amide bonds. The summed E-state index contributed by atoms with van der Waals surface area (Å²) in [5.74, 6) is 0.513. The number of aromatic amines is 1. The molecule has 2 aromatic carbocycles. The summed E-state index contributed by atoms with van der Waals surface area (Å²) >= 11 is 0. The molecule has 9 nitrogen and oxygen atoms in total. The molecule has 0 saturated carbocycles. The number of ether oxygens (including phenoxy) is 2. The number of pyridine rings is 2. The van der Waals surface area contributed by atoms with Crippen LogP contribution in [-0.4, -0.2) is 33.2 Å². The van der Waals surface area contributed by atoms with Crippen molar-refractivity contribution >= 4 is 22.6 Å². The molecule has 0 radical (unpaired) electrons. The maximum atomic E-state index is 13.6. The zero-order valence-corrected chi connectivity index (χ0v) is 20.7. The number of rotatable bonds is 6. The van der Waals surface area contributed by atoms with Crippen LogP contribution >= 0.6 is 0 Å². The van der Waals surface area contributed by atoms with E-state index in [0.717, 1.165) is 0 Å². The molecule has 3 heterocycles. The highest BCUT2D eigenvalue weighted by molar-refractivity contribution is 6.03. The van der Waals surface area contributed by atoms with E-state index in [1.54, 1.807) is 69.7 Å². The number of carbonyl (C=O) groups excluding carboxylic acids is 1. The van der Waals surface area contributed by atoms with Gasteiger partial charge in [0.2, 0.25) is 5.43 Å². The van der Waals surface area contributed by atoms with Gasteiger partial charge in [0.25, 0.3) is 5.91 Å². The van der Waals surface area contributed by atoms with Gasteiger partial charge in [0, 0.05) is 29.7 Å². The number of H-pyrrole nitrogens is 1. The summed E-state index contributed by atoms with van der Waals surface area (Å²) in [4.78, 5) is 34.8. The van der Waals surface area contributed by atoms with Gasteiger partial charge in [-0.05, 0) is 61.4 Å². The third-order valence-corrected chi connectivity index (χ3v) is 5.92. The fourth-order valence-corrected chi connectivity index (χ4v) is 4.03. The second kappa shape index (κ2) is 10.1. The lowest BCUT2D eigenvalue weighted by atomic mass is 9.98. The molecule has 0 aliphatic carbocycles. The Hall–Kier alpha value is -5.12. The molecule has 10 heteroatoms. The van der Waals surface area contributed by atoms with Crippen molar-refractivity contribution in [3.8, 4) is 28.4 Å². The Labute approximate surface area is 216 Å². The molecule has 0 spiro atoms. The van der Waals surface area contributed by atoms with E-state index in [1.807, 2.05) is 0 Å². The summed E-state index contributed by atoms with van der Waals surface area (Å²) < 4.78 is 24.7. The van der Waals surface area contributed by atoms with Crippen LogP contribution in [0.15, 0.2) is 71.8 Å². The van der Waals surface area contributed by atoms with Crippen LogP contribution in [0.2, 0.25) is 0 Å². The molecule has 0 atom stereocenters. The maximum Gasteiger partial charge on any atom is 0.280 e. The maximum absolute atomic E-state index is 13.6. The minimum atomic E-state index is -0.681. The third kappa shape index (κ3) is 4.79. The average Bonchev–Trinajstić information content (AvgIpc) is 2.90. The number of fused-ring (bicyclic) bond motifs is 1. The number of hydrogen-bond donors (Lipinski definition) is 2. The molecular formula is C28H22FN5O4. The number of benzene rings is 2. The first-order valence-electron chi connectivity index (χ1n) is 11.6. The molecule has 190 valence electrons. The highest BCUT2D eigenvalue weighted by Gasteiger charge is 2.20. The number of anilines is 1. The number of methoxy groups -OCH3 is 1. The topological polar surface area (TPSA) is 119 Å². The van der Waals surface area contributed by atoms with Gasteiger partial charge in [-0.3, -0.25) is 19.7 Å². The van der Waals surface area contributed by atoms with Crippen molar-refractivity contribution in [3.63, 3.8) is 0 Å². The van der Waals surface area contributed by atoms with Gasteiger partial charge in [-0.15, -0.1) is 0 Å². The smallest absolute Gasteiger partial charge is 0.280 e. The van der Waals surface area contributed by atoms with Crippen molar-refractivity contribution < 1.29 is 18.7 Å². The van der Waals surface area contributed by atoms with Gasteiger partial charge in [-0.25, -0.2) is 9.37 Å². The molecular weight excluding hydrogens is 489 g/mol. The van der Waals surface area contributed by atoms with Crippen LogP contribution in [-0.2, 0) is 0 Å². The fourth-order valence-electron chi connectivity index (χ4n) is 4.03. The van der Waals surface area contributed by atoms with Crippen LogP contribution in [0.5, 0.6) is 17.2 Å². The minimum absolute atomic E-state index is 0.266. The third-order valence-electron chi connectivity index (χ3n) is 5.92. The van der Waals surface area contributed by atoms with E-state index >= 15 is 0 Å². The Kier molecular flexibility index (Phi) is 6.53. The Morgan fingerprint density at radius 3 is 2.53 bits per heavy atom. The molecule has 2 N–H and O–H groups in total. The van der Waals surface area contributed by atoms with E-state index in [2.05, 4.69) is 25.5 Å². The number of hydrogen-bond acceptors (Lipinski definition) is 7. The van der Waals surface area contributed by atoms with E-state index in [1.165, 1.54) is 18.2 Å². The normalized spacial score (nSPS) is 10.8. The number of amides is 1. The first-order chi connectivity index (χ1) is 18.3. The number of nitrogens with zero attached hydrogens (tertiary/aromatic N) is 3. The van der Waals surface area contributed by atoms with Gasteiger partial charge in [0.15, 0.2) is 11.4 Å². The molecule has 5 rings (SSSR count). The molecule has 0 bridgehead atoms. The first kappa shape index (κ1) is 24.6. The molecule has 0 aliphatic heterocycles. The van der Waals surface area contributed by atoms with Crippen molar-refractivity contribution in [2.75, 3.05) is 12.4 Å². The second-order valence-electron chi connectivity index (χ2n) is 8.49. The zero-order valence-electron chi connectivity index (χ0n) is 20.7. The van der Waals surface area contributed by atoms with E-state index in [4.69, 9.17) is 9.47 Å². The summed E-state index contributed by atoms with van der Waals surface area (Å²) in [6.45, 7) is 3.37. The lowest BCUT2D eigenvalue weighted by Gasteiger charge is -2.11. The van der Waals surface area contributed by atoms with Crippen molar-refractivity contribution in [2.45, 2.75) is 13.8 Å². The largest absolute Gasteiger partial charge is 0.495 e. The first-order valence-corrected chi connectivity index (χ1v) is 11.6. The predicted octanol–water partition coefficient (Wildman–Crippen LogP) is 5.19. The van der Waals surface area contributed by atoms with Crippen molar-refractivity contribution in [1.82, 2.24) is 20.2 Å². The van der Waals surface area contributed by atoms with Crippen LogP contribution < -0.4 is 20.2 Å². The number of halogens is 1. The Balaban J connectivity index is 1.36. The Bertz CT molecular complexity index is 1730. The highest BCUT2D eigenvalue weighted by atomic mass is 19.1. The number of carbonyl (C=O) groups is 1. The number of aryl methyl sites for hydroxylation is 2. The van der Waals surface area contributed by atoms with Gasteiger partial charge >= 0.3 is 0 Å². The molecule has 3 aromatic heterocycles. The SMILES string of the molecule is COc1cnc2c(Oc3ccc(NC(=O)c4n[nH]c(C)c(-c5ccc(F)cc5C)c4=O)cc3)ccnc2c1. The van der Waals surface area contributed by atoms with Crippen molar-refractivity contribution in [2.24, 2.45) is 0 Å². The molecule has 0 unspecified atom stereocenters. The summed E-state index contributed by atoms with van der Waals surface area (Å²) in [5, 5.41) is 9.36. The summed E-state index contributed by atoms with van der Waals surface area (Å²) in [6.07, 6.45) is 3.19. The number of nitrogens with one attached hydrogen (secondary N) is 2. The summed E-state index contributed by atoms with van der Waals surface area (Å²) in [7, 11) is 1.56. The Morgan fingerprint density at radius 2 is 1.79 bits per heavy atom. The minimum Gasteiger partial charge on any atom is -0.495 e. The van der Waals surface area contributed by atoms with Crippen LogP contribution in [0.25, 0.3) is 22.2 Å². The summed E-state index contributed by atoms with van der Waals surface area (Å²) in [6, 6.07) is 14.2. The predicted molar refractivity (Wildman–Crippen MR) is 140 cm³/mol. The standard InChI is InChI=1S/C28H22FN5O4/c1-15-12-17(29)4-9-21(15)24-16(2)33-34-26(27(24)35)28(36)32-18-5-7-19(8-6-18)38-23-10-11-30-22-13-20(37-3)14-31-25(22)23/h4-14H,1-3H3,(H,32,36)(H,33,35). The van der Waals surface area contributed by atoms with E-state index in [-0.39, 0.29) is 11.3 Å².